The van der Waals surface area contributed by atoms with Crippen molar-refractivity contribution >= 4 is 17.2 Å². The van der Waals surface area contributed by atoms with Crippen LogP contribution in [0.15, 0.2) is 35.2 Å². The minimum absolute atomic E-state index is 0.267. The lowest BCUT2D eigenvalue weighted by Gasteiger charge is -2.36. The van der Waals surface area contributed by atoms with Crippen molar-refractivity contribution in [1.82, 2.24) is 14.8 Å². The minimum Gasteiger partial charge on any atom is -0.508 e. The van der Waals surface area contributed by atoms with Gasteiger partial charge < -0.3 is 10.0 Å². The maximum atomic E-state index is 12.9. The Hall–Kier alpha value is -1.92. The molecular weight excluding hydrogens is 346 g/mol. The lowest BCUT2D eigenvalue weighted by molar-refractivity contribution is -0.135. The van der Waals surface area contributed by atoms with Crippen LogP contribution in [0.5, 0.6) is 5.75 Å². The van der Waals surface area contributed by atoms with Gasteiger partial charge in [-0.2, -0.15) is 0 Å². The Morgan fingerprint density at radius 3 is 2.81 bits per heavy atom. The maximum Gasteiger partial charge on any atom is 0.223 e. The first-order valence-corrected chi connectivity index (χ1v) is 10.3. The summed E-state index contributed by atoms with van der Waals surface area (Å²) in [6.45, 7) is 3.81. The molecular formula is C20H25N3O2S. The van der Waals surface area contributed by atoms with E-state index in [0.29, 0.717) is 18.4 Å². The number of nitrogens with zero attached hydrogens (tertiary/aromatic N) is 3. The van der Waals surface area contributed by atoms with Crippen LogP contribution in [-0.2, 0) is 17.8 Å². The fourth-order valence-corrected chi connectivity index (χ4v) is 4.77. The van der Waals surface area contributed by atoms with Crippen LogP contribution in [0.3, 0.4) is 0 Å². The van der Waals surface area contributed by atoms with E-state index in [4.69, 9.17) is 0 Å². The fraction of sp³-hybridized carbons (Fsp3) is 0.500. The summed E-state index contributed by atoms with van der Waals surface area (Å²) in [5, 5.41) is 11.5. The molecule has 0 spiro atoms. The third-order valence-corrected chi connectivity index (χ3v) is 6.18. The van der Waals surface area contributed by atoms with Gasteiger partial charge in [0.05, 0.1) is 11.2 Å². The van der Waals surface area contributed by atoms with E-state index in [0.717, 1.165) is 50.3 Å². The predicted molar refractivity (Wildman–Crippen MR) is 102 cm³/mol. The Bertz CT molecular complexity index is 732. The van der Waals surface area contributed by atoms with Crippen molar-refractivity contribution in [2.45, 2.75) is 38.3 Å². The number of aromatic nitrogens is 1. The number of carbonyl (C=O) groups is 1. The summed E-state index contributed by atoms with van der Waals surface area (Å²) in [4.78, 5) is 21.9. The molecule has 0 unspecified atom stereocenters. The Morgan fingerprint density at radius 2 is 2.04 bits per heavy atom. The van der Waals surface area contributed by atoms with Crippen LogP contribution in [0.4, 0.5) is 0 Å². The Labute approximate surface area is 158 Å². The molecule has 5 nitrogen and oxygen atoms in total. The highest BCUT2D eigenvalue weighted by Gasteiger charge is 2.36. The molecule has 5 rings (SSSR count). The summed E-state index contributed by atoms with van der Waals surface area (Å²) in [6, 6.07) is 7.49. The number of hydrogen-bond acceptors (Lipinski definition) is 5. The Morgan fingerprint density at radius 1 is 1.19 bits per heavy atom. The van der Waals surface area contributed by atoms with Gasteiger partial charge in [0.1, 0.15) is 5.75 Å². The zero-order valence-electron chi connectivity index (χ0n) is 14.9. The molecule has 1 aromatic carbocycles. The molecule has 138 valence electrons. The topological polar surface area (TPSA) is 56.7 Å². The molecule has 0 radical (unpaired) electrons. The van der Waals surface area contributed by atoms with Crippen molar-refractivity contribution < 1.29 is 9.90 Å². The van der Waals surface area contributed by atoms with Crippen molar-refractivity contribution in [3.8, 4) is 5.75 Å². The van der Waals surface area contributed by atoms with Crippen molar-refractivity contribution in [3.63, 3.8) is 0 Å². The number of fused-ring (bicyclic) bond motifs is 4. The van der Waals surface area contributed by atoms with Crippen LogP contribution in [-0.4, -0.2) is 51.5 Å². The number of piperidine rings is 1. The molecule has 3 fully saturated rings. The van der Waals surface area contributed by atoms with E-state index in [-0.39, 0.29) is 11.7 Å². The summed E-state index contributed by atoms with van der Waals surface area (Å²) >= 11 is 1.64. The Balaban J connectivity index is 1.36. The number of carbonyl (C=O) groups excluding carboxylic acids is 1. The van der Waals surface area contributed by atoms with E-state index in [9.17, 15) is 9.90 Å². The van der Waals surface area contributed by atoms with E-state index in [1.165, 1.54) is 6.42 Å². The predicted octanol–water partition coefficient (Wildman–Crippen LogP) is 2.90. The monoisotopic (exact) mass is 371 g/mol. The van der Waals surface area contributed by atoms with Crippen LogP contribution < -0.4 is 0 Å². The second-order valence-corrected chi connectivity index (χ2v) is 8.20. The van der Waals surface area contributed by atoms with Crippen molar-refractivity contribution in [2.75, 3.05) is 19.6 Å². The normalized spacial score (nSPS) is 23.2. The average Bonchev–Trinajstić information content (AvgIpc) is 2.99. The molecule has 6 heteroatoms. The van der Waals surface area contributed by atoms with Gasteiger partial charge >= 0.3 is 0 Å². The fourth-order valence-electron chi connectivity index (χ4n) is 4.22. The van der Waals surface area contributed by atoms with Crippen LogP contribution in [0.1, 0.15) is 30.5 Å². The lowest BCUT2D eigenvalue weighted by Crippen LogP contribution is -2.47. The number of thiazole rings is 1. The van der Waals surface area contributed by atoms with Gasteiger partial charge in [0.25, 0.3) is 0 Å². The van der Waals surface area contributed by atoms with Gasteiger partial charge in [0, 0.05) is 44.0 Å². The summed E-state index contributed by atoms with van der Waals surface area (Å²) in [5.41, 5.74) is 4.13. The number of benzene rings is 1. The first kappa shape index (κ1) is 17.5. The second-order valence-electron chi connectivity index (χ2n) is 7.48. The number of amides is 1. The molecule has 0 aliphatic carbocycles. The van der Waals surface area contributed by atoms with Crippen LogP contribution in [0.2, 0.25) is 0 Å². The van der Waals surface area contributed by atoms with Gasteiger partial charge in [-0.1, -0.05) is 12.1 Å². The molecule has 3 aliphatic heterocycles. The van der Waals surface area contributed by atoms with Gasteiger partial charge in [-0.15, -0.1) is 11.3 Å². The second kappa shape index (κ2) is 7.76. The summed E-state index contributed by atoms with van der Waals surface area (Å²) < 4.78 is 0. The van der Waals surface area contributed by atoms with Gasteiger partial charge in [-0.05, 0) is 42.9 Å². The first-order valence-electron chi connectivity index (χ1n) is 9.34. The van der Waals surface area contributed by atoms with E-state index in [1.807, 2.05) is 17.6 Å². The molecule has 3 saturated heterocycles. The molecule has 1 aromatic heterocycles. The summed E-state index contributed by atoms with van der Waals surface area (Å²) in [7, 11) is 0. The molecule has 4 heterocycles. The molecule has 1 amide bonds. The van der Waals surface area contributed by atoms with Crippen molar-refractivity contribution in [1.29, 1.82) is 0 Å². The van der Waals surface area contributed by atoms with Gasteiger partial charge in [-0.3, -0.25) is 9.69 Å². The van der Waals surface area contributed by atoms with Gasteiger partial charge in [0.15, 0.2) is 0 Å². The molecule has 2 bridgehead atoms. The highest BCUT2D eigenvalue weighted by atomic mass is 32.1. The molecule has 2 atom stereocenters. The molecule has 3 aliphatic rings. The zero-order chi connectivity index (χ0) is 17.9. The summed E-state index contributed by atoms with van der Waals surface area (Å²) in [5.74, 6) is 1.11. The zero-order valence-corrected chi connectivity index (χ0v) is 15.7. The van der Waals surface area contributed by atoms with Crippen molar-refractivity contribution in [2.24, 2.45) is 5.92 Å². The van der Waals surface area contributed by atoms with Crippen LogP contribution in [0, 0.1) is 5.92 Å². The quantitative estimate of drug-likeness (QED) is 0.878. The molecule has 26 heavy (non-hydrogen) atoms. The molecule has 1 N–H and O–H groups in total. The van der Waals surface area contributed by atoms with Gasteiger partial charge in [-0.25, -0.2) is 4.98 Å². The number of aryl methyl sites for hydroxylation is 1. The number of hydrogen-bond donors (Lipinski definition) is 1. The highest BCUT2D eigenvalue weighted by molar-refractivity contribution is 7.07. The number of aromatic hydroxyl groups is 1. The van der Waals surface area contributed by atoms with E-state index in [2.05, 4.69) is 20.2 Å². The lowest BCUT2D eigenvalue weighted by atomic mass is 9.94. The summed E-state index contributed by atoms with van der Waals surface area (Å²) in [6.07, 6.45) is 3.61. The minimum atomic E-state index is 0.267. The van der Waals surface area contributed by atoms with E-state index >= 15 is 0 Å². The van der Waals surface area contributed by atoms with E-state index < -0.39 is 0 Å². The number of phenolic OH excluding ortho intramolecular Hbond substituents is 1. The highest BCUT2D eigenvalue weighted by Crippen LogP contribution is 2.29. The third-order valence-electron chi connectivity index (χ3n) is 5.54. The standard InChI is InChI=1S/C20H25N3O2S/c24-19-6-2-15(3-7-19)4-8-20(25)23-10-16-1-5-18(23)12-22(9-16)11-17-13-26-14-21-17/h2-3,6-7,13-14,16,18,24H,1,4-5,8-12H2/t16-,18+/m0/s1. The average molecular weight is 372 g/mol. The SMILES string of the molecule is O=C(CCc1ccc(O)cc1)N1C[C@H]2CC[C@@H]1CN(Cc1cscn1)C2. The molecule has 2 aromatic rings. The first-order chi connectivity index (χ1) is 12.7. The number of rotatable bonds is 5. The van der Waals surface area contributed by atoms with Crippen molar-refractivity contribution in [3.05, 3.63) is 46.4 Å². The van der Waals surface area contributed by atoms with Gasteiger partial charge in [0.2, 0.25) is 5.91 Å². The van der Waals surface area contributed by atoms with Crippen LogP contribution >= 0.6 is 11.3 Å². The smallest absolute Gasteiger partial charge is 0.223 e. The van der Waals surface area contributed by atoms with Crippen LogP contribution in [0.25, 0.3) is 0 Å². The third kappa shape index (κ3) is 4.07. The maximum absolute atomic E-state index is 12.9. The molecule has 0 saturated carbocycles. The van der Waals surface area contributed by atoms with E-state index in [1.54, 1.807) is 23.5 Å². The number of phenols is 1. The largest absolute Gasteiger partial charge is 0.508 e. The Kier molecular flexibility index (Phi) is 5.22.